The van der Waals surface area contributed by atoms with Crippen LogP contribution in [0.4, 0.5) is 11.4 Å². The molecule has 0 radical (unpaired) electrons. The van der Waals surface area contributed by atoms with Gasteiger partial charge in [0.25, 0.3) is 0 Å². The molecule has 0 saturated carbocycles. The highest BCUT2D eigenvalue weighted by molar-refractivity contribution is 5.93. The van der Waals surface area contributed by atoms with Crippen LogP contribution in [0.25, 0.3) is 0 Å². The maximum atomic E-state index is 12.5. The minimum absolute atomic E-state index is 0.00820. The number of methoxy groups -OCH3 is 1. The molecule has 0 atom stereocenters. The maximum absolute atomic E-state index is 12.5. The maximum Gasteiger partial charge on any atom is 0.238 e. The molecule has 5 nitrogen and oxygen atoms in total. The van der Waals surface area contributed by atoms with E-state index in [1.165, 1.54) is 24.1 Å². The Morgan fingerprint density at radius 2 is 1.89 bits per heavy atom. The first kappa shape index (κ1) is 20.2. The van der Waals surface area contributed by atoms with Crippen LogP contribution < -0.4 is 15.0 Å². The third-order valence-corrected chi connectivity index (χ3v) is 5.24. The second-order valence-electron chi connectivity index (χ2n) is 7.73. The van der Waals surface area contributed by atoms with Crippen LogP contribution in [0.5, 0.6) is 5.75 Å². The highest BCUT2D eigenvalue weighted by Gasteiger charge is 2.15. The van der Waals surface area contributed by atoms with Crippen LogP contribution in [-0.2, 0) is 11.3 Å². The summed E-state index contributed by atoms with van der Waals surface area (Å²) in [4.78, 5) is 16.9. The van der Waals surface area contributed by atoms with Crippen LogP contribution in [-0.4, -0.2) is 44.6 Å². The van der Waals surface area contributed by atoms with Crippen molar-refractivity contribution in [2.24, 2.45) is 0 Å². The zero-order chi connectivity index (χ0) is 20.1. The smallest absolute Gasteiger partial charge is 0.238 e. The van der Waals surface area contributed by atoms with E-state index in [0.29, 0.717) is 13.1 Å². The normalized spacial score (nSPS) is 13.8. The minimum Gasteiger partial charge on any atom is -0.496 e. The molecule has 0 aliphatic carbocycles. The zero-order valence-corrected chi connectivity index (χ0v) is 17.4. The van der Waals surface area contributed by atoms with Crippen LogP contribution in [0.15, 0.2) is 36.4 Å². The van der Waals surface area contributed by atoms with Crippen molar-refractivity contribution in [3.63, 3.8) is 0 Å². The van der Waals surface area contributed by atoms with Gasteiger partial charge in [-0.05, 0) is 63.6 Å². The first-order valence-corrected chi connectivity index (χ1v) is 9.94. The fourth-order valence-electron chi connectivity index (χ4n) is 3.77. The Kier molecular flexibility index (Phi) is 6.57. The Labute approximate surface area is 168 Å². The summed E-state index contributed by atoms with van der Waals surface area (Å²) < 4.78 is 5.44. The van der Waals surface area contributed by atoms with Crippen LogP contribution in [0, 0.1) is 13.8 Å². The van der Waals surface area contributed by atoms with E-state index in [2.05, 4.69) is 42.3 Å². The van der Waals surface area contributed by atoms with Crippen molar-refractivity contribution in [3.05, 3.63) is 53.1 Å². The molecular weight excluding hydrogens is 350 g/mol. The van der Waals surface area contributed by atoms with Crippen LogP contribution >= 0.6 is 0 Å². The van der Waals surface area contributed by atoms with Gasteiger partial charge < -0.3 is 15.0 Å². The third-order valence-electron chi connectivity index (χ3n) is 5.24. The van der Waals surface area contributed by atoms with Crippen molar-refractivity contribution in [2.75, 3.05) is 44.0 Å². The van der Waals surface area contributed by atoms with Gasteiger partial charge in [0, 0.05) is 36.6 Å². The topological polar surface area (TPSA) is 44.8 Å². The van der Waals surface area contributed by atoms with E-state index in [1.54, 1.807) is 7.11 Å². The number of carbonyl (C=O) groups is 1. The number of carbonyl (C=O) groups excluding carboxylic acids is 1. The van der Waals surface area contributed by atoms with Crippen molar-refractivity contribution < 1.29 is 9.53 Å². The molecule has 1 heterocycles. The molecule has 1 aliphatic rings. The average molecular weight is 382 g/mol. The lowest BCUT2D eigenvalue weighted by Crippen LogP contribution is -2.30. The summed E-state index contributed by atoms with van der Waals surface area (Å²) in [5.74, 6) is 0.845. The second kappa shape index (κ2) is 9.11. The van der Waals surface area contributed by atoms with E-state index >= 15 is 0 Å². The van der Waals surface area contributed by atoms with Gasteiger partial charge in [0.1, 0.15) is 5.75 Å². The minimum atomic E-state index is -0.00820. The number of benzene rings is 2. The summed E-state index contributed by atoms with van der Waals surface area (Å²) in [6.45, 7) is 7.34. The van der Waals surface area contributed by atoms with Gasteiger partial charge in [-0.1, -0.05) is 17.7 Å². The van der Waals surface area contributed by atoms with Crippen LogP contribution in [0.3, 0.4) is 0 Å². The molecule has 3 rings (SSSR count). The number of nitrogens with one attached hydrogen (secondary N) is 1. The Morgan fingerprint density at radius 3 is 2.57 bits per heavy atom. The number of likely N-dealkylation sites (N-methyl/N-ethyl adjacent to an activating group) is 1. The molecule has 0 bridgehead atoms. The first-order valence-electron chi connectivity index (χ1n) is 9.94. The van der Waals surface area contributed by atoms with Crippen molar-refractivity contribution in [2.45, 2.75) is 33.2 Å². The van der Waals surface area contributed by atoms with Crippen molar-refractivity contribution in [1.82, 2.24) is 4.90 Å². The molecule has 1 aliphatic heterocycles. The molecule has 1 fully saturated rings. The number of nitrogens with zero attached hydrogens (tertiary/aromatic N) is 2. The van der Waals surface area contributed by atoms with E-state index in [0.717, 1.165) is 35.7 Å². The van der Waals surface area contributed by atoms with E-state index in [9.17, 15) is 4.79 Å². The van der Waals surface area contributed by atoms with Gasteiger partial charge in [0.05, 0.1) is 13.7 Å². The predicted molar refractivity (Wildman–Crippen MR) is 115 cm³/mol. The van der Waals surface area contributed by atoms with Crippen molar-refractivity contribution in [1.29, 1.82) is 0 Å². The molecule has 0 unspecified atom stereocenters. The number of amides is 1. The lowest BCUT2D eigenvalue weighted by Gasteiger charge is -2.21. The summed E-state index contributed by atoms with van der Waals surface area (Å²) >= 11 is 0. The standard InChI is InChI=1S/C23H31N3O2/c1-17-7-10-22(28-4)19(13-17)15-25(3)16-23(27)24-21-9-8-20(14-18(21)2)26-11-5-6-12-26/h7-10,13-14H,5-6,11-12,15-16H2,1-4H3,(H,24,27). The molecule has 28 heavy (non-hydrogen) atoms. The molecule has 2 aromatic carbocycles. The van der Waals surface area contributed by atoms with Gasteiger partial charge in [-0.2, -0.15) is 0 Å². The summed E-state index contributed by atoms with van der Waals surface area (Å²) in [5.41, 5.74) is 5.50. The predicted octanol–water partition coefficient (Wildman–Crippen LogP) is 3.98. The number of ether oxygens (including phenoxy) is 1. The Hall–Kier alpha value is -2.53. The van der Waals surface area contributed by atoms with E-state index in [4.69, 9.17) is 4.74 Å². The number of aryl methyl sites for hydroxylation is 2. The van der Waals surface area contributed by atoms with Crippen LogP contribution in [0.1, 0.15) is 29.5 Å². The first-order chi connectivity index (χ1) is 13.5. The van der Waals surface area contributed by atoms with E-state index in [1.807, 2.05) is 30.1 Å². The fraction of sp³-hybridized carbons (Fsp3) is 0.435. The molecule has 0 aromatic heterocycles. The third kappa shape index (κ3) is 5.04. The SMILES string of the molecule is COc1ccc(C)cc1CN(C)CC(=O)Nc1ccc(N2CCCC2)cc1C. The number of hydrogen-bond acceptors (Lipinski definition) is 4. The van der Waals surface area contributed by atoms with Gasteiger partial charge in [0.2, 0.25) is 5.91 Å². The van der Waals surface area contributed by atoms with Crippen molar-refractivity contribution >= 4 is 17.3 Å². The summed E-state index contributed by atoms with van der Waals surface area (Å²) in [5, 5.41) is 3.05. The zero-order valence-electron chi connectivity index (χ0n) is 17.4. The fourth-order valence-corrected chi connectivity index (χ4v) is 3.77. The largest absolute Gasteiger partial charge is 0.496 e. The molecule has 150 valence electrons. The Bertz CT molecular complexity index is 829. The average Bonchev–Trinajstić information content (AvgIpc) is 3.18. The quantitative estimate of drug-likeness (QED) is 0.788. The summed E-state index contributed by atoms with van der Waals surface area (Å²) in [7, 11) is 3.63. The van der Waals surface area contributed by atoms with Crippen LogP contribution in [0.2, 0.25) is 0 Å². The van der Waals surface area contributed by atoms with Gasteiger partial charge in [-0.25, -0.2) is 0 Å². The highest BCUT2D eigenvalue weighted by Crippen LogP contribution is 2.26. The van der Waals surface area contributed by atoms with Gasteiger partial charge in [-0.15, -0.1) is 0 Å². The molecule has 1 saturated heterocycles. The molecule has 1 amide bonds. The second-order valence-corrected chi connectivity index (χ2v) is 7.73. The van der Waals surface area contributed by atoms with Gasteiger partial charge >= 0.3 is 0 Å². The van der Waals surface area contributed by atoms with Crippen molar-refractivity contribution in [3.8, 4) is 5.75 Å². The van der Waals surface area contributed by atoms with Gasteiger partial charge in [-0.3, -0.25) is 9.69 Å². The summed E-state index contributed by atoms with van der Waals surface area (Å²) in [6.07, 6.45) is 2.52. The molecular formula is C23H31N3O2. The monoisotopic (exact) mass is 381 g/mol. The number of anilines is 2. The number of hydrogen-bond donors (Lipinski definition) is 1. The lowest BCUT2D eigenvalue weighted by molar-refractivity contribution is -0.117. The Morgan fingerprint density at radius 1 is 1.14 bits per heavy atom. The van der Waals surface area contributed by atoms with E-state index in [-0.39, 0.29) is 5.91 Å². The summed E-state index contributed by atoms with van der Waals surface area (Å²) in [6, 6.07) is 12.4. The lowest BCUT2D eigenvalue weighted by atomic mass is 10.1. The molecule has 5 heteroatoms. The molecule has 0 spiro atoms. The molecule has 1 N–H and O–H groups in total. The molecule has 2 aromatic rings. The number of rotatable bonds is 7. The van der Waals surface area contributed by atoms with E-state index < -0.39 is 0 Å². The highest BCUT2D eigenvalue weighted by atomic mass is 16.5. The van der Waals surface area contributed by atoms with Gasteiger partial charge in [0.15, 0.2) is 0 Å². The Balaban J connectivity index is 1.58.